The fourth-order valence-corrected chi connectivity index (χ4v) is 27.6. The number of unbranched alkanes of at least 4 members (excludes halogenated alkanes) is 36. The van der Waals surface area contributed by atoms with Crippen molar-refractivity contribution in [2.45, 2.75) is 355 Å². The summed E-state index contributed by atoms with van der Waals surface area (Å²) in [5.41, 5.74) is 6.79. The van der Waals surface area contributed by atoms with Crippen LogP contribution in [0.1, 0.15) is 322 Å². The van der Waals surface area contributed by atoms with Crippen LogP contribution in [0, 0.1) is 0 Å². The van der Waals surface area contributed by atoms with Gasteiger partial charge in [-0.05, 0) is 70.5 Å². The summed E-state index contributed by atoms with van der Waals surface area (Å²) in [5, 5.41) is 11.2. The Morgan fingerprint density at radius 2 is 0.476 bits per heavy atom. The second-order valence-electron chi connectivity index (χ2n) is 27.2. The molecule has 0 atom stereocenters. The topological polar surface area (TPSA) is 0 Å². The van der Waals surface area contributed by atoms with Crippen LogP contribution in [-0.2, 0) is 25.7 Å². The normalized spacial score (nSPS) is 12.0. The van der Waals surface area contributed by atoms with Crippen LogP contribution in [0.3, 0.4) is 0 Å². The van der Waals surface area contributed by atoms with E-state index in [-0.39, 0.29) is 14.9 Å². The quantitative estimate of drug-likeness (QED) is 0.0264. The van der Waals surface area contributed by atoms with Crippen molar-refractivity contribution in [3.63, 3.8) is 0 Å². The third-order valence-electron chi connectivity index (χ3n) is 17.8. The van der Waals surface area contributed by atoms with E-state index >= 15 is 0 Å². The first-order valence-electron chi connectivity index (χ1n) is 34.8. The van der Waals surface area contributed by atoms with Gasteiger partial charge in [-0.2, -0.15) is 0 Å². The van der Waals surface area contributed by atoms with Gasteiger partial charge in [0.25, 0.3) is 0 Å². The van der Waals surface area contributed by atoms with Crippen molar-refractivity contribution in [3.8, 4) is 0 Å². The number of thiophene rings is 4. The molecule has 82 heavy (non-hydrogen) atoms. The molecule has 4 aromatic heterocycles. The first-order valence-corrected chi connectivity index (χ1v) is 58.2. The van der Waals surface area contributed by atoms with Gasteiger partial charge in [-0.1, -0.05) is 197 Å². The molecule has 0 unspecified atom stereocenters. The Morgan fingerprint density at radius 3 is 0.695 bits per heavy atom. The number of aryl methyl sites for hydroxylation is 4. The Morgan fingerprint density at radius 1 is 0.268 bits per heavy atom. The third-order valence-corrected chi connectivity index (χ3v) is 41.0. The van der Waals surface area contributed by atoms with Crippen molar-refractivity contribution in [2.24, 2.45) is 0 Å². The molecule has 0 spiro atoms. The van der Waals surface area contributed by atoms with Crippen molar-refractivity contribution in [2.75, 3.05) is 0 Å². The summed E-state index contributed by atoms with van der Waals surface area (Å²) < 4.78 is 10.2. The first kappa shape index (κ1) is 76.1. The Bertz CT molecular complexity index is 2240. The SMILES string of the molecule is C.C.CCCCCCCCCCCCc1c2c[c]([Sn]([CH3])([CH3])[CH3])sc2c(CCCCCCCCCCCC)c2c[c]([Sn]([CH3])([CH3])[CH3])sc12.CCCCCCCCCCCCc1c2ccsc2c(CCCCCCCCCCCC)c2ccsc12. The van der Waals surface area contributed by atoms with E-state index in [0.717, 1.165) is 0 Å². The molecule has 6 rings (SSSR count). The van der Waals surface area contributed by atoms with Gasteiger partial charge in [0.2, 0.25) is 0 Å². The van der Waals surface area contributed by atoms with Crippen LogP contribution < -0.4 is 5.79 Å². The molecule has 468 valence electrons. The molecular formula is C76H132S4Sn2. The van der Waals surface area contributed by atoms with Crippen LogP contribution in [0.25, 0.3) is 40.3 Å². The molecule has 0 aliphatic rings. The summed E-state index contributed by atoms with van der Waals surface area (Å²) in [6, 6.07) is 10.3. The molecule has 2 aromatic carbocycles. The number of benzene rings is 2. The Labute approximate surface area is 534 Å². The van der Waals surface area contributed by atoms with Crippen LogP contribution in [0.15, 0.2) is 35.0 Å². The van der Waals surface area contributed by atoms with E-state index < -0.39 is 36.8 Å². The summed E-state index contributed by atoms with van der Waals surface area (Å²) in [6.45, 7) is 9.25. The summed E-state index contributed by atoms with van der Waals surface area (Å²) in [4.78, 5) is 15.7. The van der Waals surface area contributed by atoms with Gasteiger partial charge in [-0.15, -0.1) is 22.7 Å². The van der Waals surface area contributed by atoms with Crippen molar-refractivity contribution in [1.82, 2.24) is 0 Å². The largest absolute Gasteiger partial charge is 0.143 e. The third kappa shape index (κ3) is 26.9. The van der Waals surface area contributed by atoms with E-state index in [4.69, 9.17) is 0 Å². The zero-order chi connectivity index (χ0) is 57.3. The fourth-order valence-electron chi connectivity index (χ4n) is 12.6. The minimum atomic E-state index is -2.16. The average Bonchev–Trinajstić information content (AvgIpc) is 2.66. The summed E-state index contributed by atoms with van der Waals surface area (Å²) in [5.74, 6) is 0. The molecule has 0 nitrogen and oxygen atoms in total. The predicted molar refractivity (Wildman–Crippen MR) is 396 cm³/mol. The number of rotatable bonds is 46. The molecular weight excluding hydrogens is 1280 g/mol. The maximum absolute atomic E-state index is 2.73. The number of hydrogen-bond acceptors (Lipinski definition) is 4. The molecule has 0 amide bonds. The van der Waals surface area contributed by atoms with Crippen LogP contribution >= 0.6 is 45.3 Å². The summed E-state index contributed by atoms with van der Waals surface area (Å²) in [6.07, 6.45) is 61.9. The van der Waals surface area contributed by atoms with E-state index in [2.05, 4.69) is 115 Å². The molecule has 0 aliphatic carbocycles. The van der Waals surface area contributed by atoms with E-state index in [1.165, 1.54) is 283 Å². The van der Waals surface area contributed by atoms with Crippen LogP contribution in [-0.4, -0.2) is 36.8 Å². The second-order valence-corrected chi connectivity index (χ2v) is 61.9. The molecule has 0 radical (unpaired) electrons. The molecule has 0 bridgehead atoms. The molecule has 0 N–H and O–H groups in total. The molecule has 0 saturated carbocycles. The van der Waals surface area contributed by atoms with Gasteiger partial charge in [-0.3, -0.25) is 0 Å². The zero-order valence-electron chi connectivity index (χ0n) is 54.2. The van der Waals surface area contributed by atoms with Gasteiger partial charge in [0.05, 0.1) is 0 Å². The first-order chi connectivity index (χ1) is 38.9. The van der Waals surface area contributed by atoms with Crippen molar-refractivity contribution < 1.29 is 0 Å². The smallest absolute Gasteiger partial charge is 0.0384 e. The maximum atomic E-state index is 2.73. The van der Waals surface area contributed by atoms with Crippen molar-refractivity contribution in [3.05, 3.63) is 57.3 Å². The van der Waals surface area contributed by atoms with E-state index in [0.29, 0.717) is 0 Å². The van der Waals surface area contributed by atoms with Crippen LogP contribution in [0.4, 0.5) is 0 Å². The second kappa shape index (κ2) is 44.3. The Kier molecular flexibility index (Phi) is 41.2. The maximum Gasteiger partial charge on any atom is 0.0384 e. The minimum absolute atomic E-state index is 0. The molecule has 0 saturated heterocycles. The predicted octanol–water partition coefficient (Wildman–Crippen LogP) is 28.4. The van der Waals surface area contributed by atoms with E-state index in [1.807, 2.05) is 22.7 Å². The average molecular weight is 1410 g/mol. The van der Waals surface area contributed by atoms with Gasteiger partial charge in [0.1, 0.15) is 0 Å². The van der Waals surface area contributed by atoms with Gasteiger partial charge < -0.3 is 0 Å². The van der Waals surface area contributed by atoms with Gasteiger partial charge in [0.15, 0.2) is 0 Å². The number of hydrogen-bond donors (Lipinski definition) is 0. The Balaban J connectivity index is 0.000000428. The van der Waals surface area contributed by atoms with E-state index in [1.54, 1.807) is 68.4 Å². The Hall–Kier alpha value is -0.123. The zero-order valence-corrected chi connectivity index (χ0v) is 63.2. The van der Waals surface area contributed by atoms with Crippen LogP contribution in [0.5, 0.6) is 0 Å². The molecule has 6 heteroatoms. The molecule has 4 heterocycles. The molecule has 0 fully saturated rings. The minimum Gasteiger partial charge on any atom is -0.143 e. The monoisotopic (exact) mass is 1410 g/mol. The van der Waals surface area contributed by atoms with Crippen LogP contribution in [0.2, 0.25) is 29.6 Å². The van der Waals surface area contributed by atoms with Crippen molar-refractivity contribution in [1.29, 1.82) is 0 Å². The fraction of sp³-hybridized carbons (Fsp3) is 0.737. The van der Waals surface area contributed by atoms with Gasteiger partial charge in [0, 0.05) is 9.40 Å². The van der Waals surface area contributed by atoms with Gasteiger partial charge in [-0.25, -0.2) is 0 Å². The number of fused-ring (bicyclic) bond motifs is 4. The molecule has 6 aromatic rings. The molecule has 0 aliphatic heterocycles. The summed E-state index contributed by atoms with van der Waals surface area (Å²) in [7, 11) is 0. The standard InChI is InChI=1S/C34H54S2.C34H52S2.2CH4.6CH3.2Sn/c2*1-3-5-7-9-11-13-15-17-19-21-23-29-31-25-27-36-34(31)30(32-26-28-35-33(29)32)24-22-20-18-16-14-12-10-8-6-4-2;;;;;;;;;;/h25-28H,3-24H2,1-2H3;25-26H,3-24H2,1-2H3;2*1H4;6*1H3;;. The van der Waals surface area contributed by atoms with E-state index in [9.17, 15) is 0 Å². The van der Waals surface area contributed by atoms with Gasteiger partial charge >= 0.3 is 241 Å². The van der Waals surface area contributed by atoms with Crippen molar-refractivity contribution >= 4 is 128 Å². The summed E-state index contributed by atoms with van der Waals surface area (Å²) >= 11 is 4.12.